The van der Waals surface area contributed by atoms with Gasteiger partial charge in [0.15, 0.2) is 0 Å². The minimum atomic E-state index is -1.44. The van der Waals surface area contributed by atoms with Crippen molar-refractivity contribution in [2.45, 2.75) is 0 Å². The maximum Gasteiger partial charge on any atom is 0.480 e. The van der Waals surface area contributed by atoms with Crippen LogP contribution in [0.15, 0.2) is 12.1 Å². The monoisotopic (exact) mass is 102 g/mol. The number of aliphatic hydroxyl groups is 1. The van der Waals surface area contributed by atoms with Crippen LogP contribution in [0, 0.1) is 0 Å². The van der Waals surface area contributed by atoms with Crippen molar-refractivity contribution in [3.05, 3.63) is 12.1 Å². The molecule has 0 atom stereocenters. The molecule has 4 heteroatoms. The standard InChI is InChI=1S/C3H7BO3/c5-3-1-2-4(6)7/h1-2,5-7H,3H2. The maximum absolute atomic E-state index is 8.04. The molecule has 40 valence electrons. The Labute approximate surface area is 42.1 Å². The predicted molar refractivity (Wildman–Crippen MR) is 26.4 cm³/mol. The molecule has 0 spiro atoms. The van der Waals surface area contributed by atoms with E-state index >= 15 is 0 Å². The summed E-state index contributed by atoms with van der Waals surface area (Å²) in [5, 5.41) is 24.1. The van der Waals surface area contributed by atoms with Crippen molar-refractivity contribution in [1.82, 2.24) is 0 Å². The highest BCUT2D eigenvalue weighted by atomic mass is 16.4. The lowest BCUT2D eigenvalue weighted by atomic mass is 9.92. The van der Waals surface area contributed by atoms with Crippen LogP contribution in [0.4, 0.5) is 0 Å². The third-order valence-corrected chi connectivity index (χ3v) is 0.414. The van der Waals surface area contributed by atoms with E-state index in [-0.39, 0.29) is 6.61 Å². The summed E-state index contributed by atoms with van der Waals surface area (Å²) in [6.07, 6.45) is 1.25. The molecule has 0 aliphatic heterocycles. The highest BCUT2D eigenvalue weighted by Crippen LogP contribution is 1.70. The van der Waals surface area contributed by atoms with E-state index in [4.69, 9.17) is 15.2 Å². The average molecular weight is 102 g/mol. The zero-order chi connectivity index (χ0) is 5.70. The zero-order valence-electron chi connectivity index (χ0n) is 3.78. The van der Waals surface area contributed by atoms with Gasteiger partial charge in [-0.2, -0.15) is 0 Å². The number of aliphatic hydroxyl groups excluding tert-OH is 1. The van der Waals surface area contributed by atoms with E-state index in [1.165, 1.54) is 6.08 Å². The number of hydrogen-bond donors (Lipinski definition) is 3. The summed E-state index contributed by atoms with van der Waals surface area (Å²) in [6.45, 7) is -0.155. The Morgan fingerprint density at radius 1 is 1.43 bits per heavy atom. The Kier molecular flexibility index (Phi) is 3.69. The van der Waals surface area contributed by atoms with Crippen molar-refractivity contribution in [2.24, 2.45) is 0 Å². The Morgan fingerprint density at radius 2 is 2.00 bits per heavy atom. The van der Waals surface area contributed by atoms with E-state index in [9.17, 15) is 0 Å². The van der Waals surface area contributed by atoms with Crippen LogP contribution < -0.4 is 0 Å². The summed E-state index contributed by atoms with van der Waals surface area (Å²) < 4.78 is 0. The van der Waals surface area contributed by atoms with E-state index in [1.807, 2.05) is 0 Å². The molecule has 0 radical (unpaired) electrons. The summed E-state index contributed by atoms with van der Waals surface area (Å²) in [4.78, 5) is 0. The van der Waals surface area contributed by atoms with Crippen LogP contribution in [0.5, 0.6) is 0 Å². The van der Waals surface area contributed by atoms with Crippen molar-refractivity contribution in [3.8, 4) is 0 Å². The third kappa shape index (κ3) is 5.68. The van der Waals surface area contributed by atoms with Crippen molar-refractivity contribution < 1.29 is 15.2 Å². The van der Waals surface area contributed by atoms with Gasteiger partial charge < -0.3 is 15.2 Å². The van der Waals surface area contributed by atoms with E-state index in [0.29, 0.717) is 0 Å². The van der Waals surface area contributed by atoms with Crippen LogP contribution >= 0.6 is 0 Å². The summed E-state index contributed by atoms with van der Waals surface area (Å²) in [6, 6.07) is 0. The first-order valence-corrected chi connectivity index (χ1v) is 1.91. The molecule has 0 saturated heterocycles. The van der Waals surface area contributed by atoms with Crippen LogP contribution in [0.3, 0.4) is 0 Å². The van der Waals surface area contributed by atoms with Crippen molar-refractivity contribution in [2.75, 3.05) is 6.61 Å². The molecule has 0 unspecified atom stereocenters. The van der Waals surface area contributed by atoms with Gasteiger partial charge in [0.2, 0.25) is 0 Å². The van der Waals surface area contributed by atoms with E-state index in [2.05, 4.69) is 0 Å². The van der Waals surface area contributed by atoms with Crippen LogP contribution in [0.1, 0.15) is 0 Å². The Balaban J connectivity index is 3.08. The van der Waals surface area contributed by atoms with Crippen LogP contribution in [0.25, 0.3) is 0 Å². The fourth-order valence-corrected chi connectivity index (χ4v) is 0.183. The van der Waals surface area contributed by atoms with Gasteiger partial charge in [-0.05, 0) is 0 Å². The van der Waals surface area contributed by atoms with Gasteiger partial charge in [-0.1, -0.05) is 12.1 Å². The van der Waals surface area contributed by atoms with Gasteiger partial charge in [-0.3, -0.25) is 0 Å². The minimum absolute atomic E-state index is 0.155. The van der Waals surface area contributed by atoms with E-state index in [1.54, 1.807) is 0 Å². The molecule has 0 aromatic carbocycles. The molecule has 3 N–H and O–H groups in total. The highest BCUT2D eigenvalue weighted by Gasteiger charge is 1.94. The second-order valence-electron chi connectivity index (χ2n) is 1.02. The minimum Gasteiger partial charge on any atom is -0.424 e. The zero-order valence-corrected chi connectivity index (χ0v) is 3.78. The smallest absolute Gasteiger partial charge is 0.424 e. The molecule has 0 heterocycles. The summed E-state index contributed by atoms with van der Waals surface area (Å²) in [5.41, 5.74) is 0. The first kappa shape index (κ1) is 6.68. The molecule has 0 fully saturated rings. The molecule has 0 aliphatic carbocycles. The first-order chi connectivity index (χ1) is 3.27. The van der Waals surface area contributed by atoms with Gasteiger partial charge in [0.25, 0.3) is 0 Å². The number of hydrogen-bond acceptors (Lipinski definition) is 3. The summed E-state index contributed by atoms with van der Waals surface area (Å²) in [5.74, 6) is 1.08. The van der Waals surface area contributed by atoms with Crippen LogP contribution in [0.2, 0.25) is 0 Å². The fourth-order valence-electron chi connectivity index (χ4n) is 0.183. The predicted octanol–water partition coefficient (Wildman–Crippen LogP) is -1.45. The van der Waals surface area contributed by atoms with Gasteiger partial charge in [0.05, 0.1) is 6.61 Å². The van der Waals surface area contributed by atoms with Crippen molar-refractivity contribution in [1.29, 1.82) is 0 Å². The molecule has 0 aromatic heterocycles. The fraction of sp³-hybridized carbons (Fsp3) is 0.333. The van der Waals surface area contributed by atoms with Crippen LogP contribution in [-0.4, -0.2) is 28.9 Å². The van der Waals surface area contributed by atoms with Gasteiger partial charge in [-0.15, -0.1) is 0 Å². The highest BCUT2D eigenvalue weighted by molar-refractivity contribution is 6.47. The van der Waals surface area contributed by atoms with Gasteiger partial charge in [0.1, 0.15) is 0 Å². The van der Waals surface area contributed by atoms with E-state index in [0.717, 1.165) is 5.98 Å². The third-order valence-electron chi connectivity index (χ3n) is 0.414. The lowest BCUT2D eigenvalue weighted by molar-refractivity contribution is 0.342. The Bertz CT molecular complexity index is 61.2. The molecule has 0 aliphatic rings. The Hall–Kier alpha value is -0.315. The molecule has 0 amide bonds. The molecule has 7 heavy (non-hydrogen) atoms. The lowest BCUT2D eigenvalue weighted by Gasteiger charge is -1.81. The maximum atomic E-state index is 8.04. The van der Waals surface area contributed by atoms with Gasteiger partial charge in [-0.25, -0.2) is 0 Å². The molecular formula is C3H7BO3. The quantitative estimate of drug-likeness (QED) is 0.373. The molecule has 0 bridgehead atoms. The van der Waals surface area contributed by atoms with Gasteiger partial charge >= 0.3 is 7.12 Å². The van der Waals surface area contributed by atoms with E-state index < -0.39 is 7.12 Å². The molecule has 0 rings (SSSR count). The second-order valence-corrected chi connectivity index (χ2v) is 1.02. The van der Waals surface area contributed by atoms with Crippen LogP contribution in [-0.2, 0) is 0 Å². The normalized spacial score (nSPS) is 10.1. The molecule has 0 aromatic rings. The largest absolute Gasteiger partial charge is 0.480 e. The topological polar surface area (TPSA) is 60.7 Å². The van der Waals surface area contributed by atoms with Crippen molar-refractivity contribution in [3.63, 3.8) is 0 Å². The summed E-state index contributed by atoms with van der Waals surface area (Å²) >= 11 is 0. The number of rotatable bonds is 2. The average Bonchev–Trinajstić information content (AvgIpc) is 1.61. The Morgan fingerprint density at radius 3 is 2.14 bits per heavy atom. The molecule has 0 saturated carbocycles. The van der Waals surface area contributed by atoms with Crippen molar-refractivity contribution >= 4 is 7.12 Å². The lowest BCUT2D eigenvalue weighted by Crippen LogP contribution is -2.05. The summed E-state index contributed by atoms with van der Waals surface area (Å²) in [7, 11) is -1.44. The SMILES string of the molecule is OCC=CB(O)O. The second kappa shape index (κ2) is 3.86. The van der Waals surface area contributed by atoms with Gasteiger partial charge in [0, 0.05) is 0 Å². The molecular weight excluding hydrogens is 94.8 g/mol. The first-order valence-electron chi connectivity index (χ1n) is 1.91. The molecule has 3 nitrogen and oxygen atoms in total.